The lowest BCUT2D eigenvalue weighted by molar-refractivity contribution is -0.130. The average molecular weight is 390 g/mol. The topological polar surface area (TPSA) is 38.1 Å². The molecule has 2 atom stereocenters. The molecule has 0 aliphatic carbocycles. The number of carbonyl (C=O) groups excluding carboxylic acids is 1. The lowest BCUT2D eigenvalue weighted by atomic mass is 10.1. The fourth-order valence-electron chi connectivity index (χ4n) is 4.18. The van der Waals surface area contributed by atoms with Crippen LogP contribution in [0.4, 0.5) is 0 Å². The lowest BCUT2D eigenvalue weighted by Gasteiger charge is -2.18. The number of para-hydroxylation sites is 2. The van der Waals surface area contributed by atoms with Crippen molar-refractivity contribution >= 4 is 38.5 Å². The number of aryl methyl sites for hydroxylation is 1. The Hall–Kier alpha value is -1.14. The molecule has 2 aromatic rings. The van der Waals surface area contributed by atoms with E-state index in [1.165, 1.54) is 30.5 Å². The minimum absolute atomic E-state index is 0.336. The molecule has 4 nitrogen and oxygen atoms in total. The van der Waals surface area contributed by atoms with Crippen LogP contribution >= 0.6 is 21.6 Å². The van der Waals surface area contributed by atoms with Crippen molar-refractivity contribution in [2.24, 2.45) is 0 Å². The first-order valence-electron chi connectivity index (χ1n) is 9.72. The van der Waals surface area contributed by atoms with Gasteiger partial charge >= 0.3 is 0 Å². The quantitative estimate of drug-likeness (QED) is 0.524. The maximum absolute atomic E-state index is 12.6. The number of nitrogens with zero attached hydrogens (tertiary/aromatic N) is 3. The van der Waals surface area contributed by atoms with E-state index < -0.39 is 0 Å². The number of benzene rings is 1. The molecule has 0 bridgehead atoms. The summed E-state index contributed by atoms with van der Waals surface area (Å²) in [4.78, 5) is 19.3. The van der Waals surface area contributed by atoms with E-state index in [1.54, 1.807) is 0 Å². The standard InChI is InChI=1S/C20H27N3OS2/c1-15-21-18-7-3-4-8-19(18)23(15)16-10-12-22(14-16)20(24)9-5-2-6-17-11-13-25-26-17/h3-4,7-8,16-17H,2,5-6,9-14H2,1H3. The van der Waals surface area contributed by atoms with Gasteiger partial charge in [0.05, 0.1) is 17.1 Å². The number of fused-ring (bicyclic) bond motifs is 1. The fraction of sp³-hybridized carbons (Fsp3) is 0.600. The van der Waals surface area contributed by atoms with Gasteiger partial charge in [-0.15, -0.1) is 0 Å². The first-order valence-corrected chi connectivity index (χ1v) is 12.1. The minimum atomic E-state index is 0.336. The molecule has 2 aliphatic rings. The number of likely N-dealkylation sites (tertiary alicyclic amines) is 1. The highest BCUT2D eigenvalue weighted by Gasteiger charge is 2.29. The highest BCUT2D eigenvalue weighted by Crippen LogP contribution is 2.40. The summed E-state index contributed by atoms with van der Waals surface area (Å²) in [6.07, 6.45) is 6.58. The number of hydrogen-bond acceptors (Lipinski definition) is 4. The molecular weight excluding hydrogens is 362 g/mol. The van der Waals surface area contributed by atoms with Crippen LogP contribution in [0.25, 0.3) is 11.0 Å². The molecule has 2 saturated heterocycles. The Morgan fingerprint density at radius 2 is 2.15 bits per heavy atom. The second-order valence-electron chi connectivity index (χ2n) is 7.37. The van der Waals surface area contributed by atoms with Gasteiger partial charge in [0.1, 0.15) is 5.82 Å². The summed E-state index contributed by atoms with van der Waals surface area (Å²) in [7, 11) is 4.04. The molecule has 140 valence electrons. The van der Waals surface area contributed by atoms with E-state index >= 15 is 0 Å². The molecule has 1 aromatic heterocycles. The van der Waals surface area contributed by atoms with Crippen LogP contribution in [-0.4, -0.2) is 44.5 Å². The molecule has 2 unspecified atom stereocenters. The maximum atomic E-state index is 12.6. The van der Waals surface area contributed by atoms with Crippen molar-refractivity contribution in [3.8, 4) is 0 Å². The number of aromatic nitrogens is 2. The number of imidazole rings is 1. The zero-order valence-electron chi connectivity index (χ0n) is 15.4. The van der Waals surface area contributed by atoms with Gasteiger partial charge in [-0.05, 0) is 44.7 Å². The summed E-state index contributed by atoms with van der Waals surface area (Å²) in [6, 6.07) is 8.67. The number of hydrogen-bond donors (Lipinski definition) is 0. The highest BCUT2D eigenvalue weighted by molar-refractivity contribution is 8.77. The lowest BCUT2D eigenvalue weighted by Crippen LogP contribution is -2.29. The summed E-state index contributed by atoms with van der Waals surface area (Å²) in [6.45, 7) is 3.78. The van der Waals surface area contributed by atoms with Crippen LogP contribution in [0.2, 0.25) is 0 Å². The molecule has 4 rings (SSSR count). The molecule has 26 heavy (non-hydrogen) atoms. The van der Waals surface area contributed by atoms with E-state index in [9.17, 15) is 4.79 Å². The van der Waals surface area contributed by atoms with E-state index in [4.69, 9.17) is 0 Å². The van der Waals surface area contributed by atoms with Gasteiger partial charge in [0.25, 0.3) is 0 Å². The maximum Gasteiger partial charge on any atom is 0.222 e. The summed E-state index contributed by atoms with van der Waals surface area (Å²) < 4.78 is 2.33. The minimum Gasteiger partial charge on any atom is -0.341 e. The summed E-state index contributed by atoms with van der Waals surface area (Å²) in [5, 5.41) is 0.823. The van der Waals surface area contributed by atoms with Crippen LogP contribution in [0, 0.1) is 6.92 Å². The van der Waals surface area contributed by atoms with Crippen LogP contribution in [-0.2, 0) is 4.79 Å². The van der Waals surface area contributed by atoms with E-state index in [-0.39, 0.29) is 0 Å². The van der Waals surface area contributed by atoms with E-state index in [0.29, 0.717) is 18.4 Å². The molecular formula is C20H27N3OS2. The molecule has 2 aliphatic heterocycles. The molecule has 6 heteroatoms. The third-order valence-electron chi connectivity index (χ3n) is 5.55. The molecule has 0 saturated carbocycles. The zero-order chi connectivity index (χ0) is 17.9. The molecule has 2 fully saturated rings. The van der Waals surface area contributed by atoms with Crippen molar-refractivity contribution in [3.63, 3.8) is 0 Å². The van der Waals surface area contributed by atoms with Crippen molar-refractivity contribution in [1.82, 2.24) is 14.5 Å². The van der Waals surface area contributed by atoms with Crippen molar-refractivity contribution in [3.05, 3.63) is 30.1 Å². The molecule has 0 radical (unpaired) electrons. The zero-order valence-corrected chi connectivity index (χ0v) is 17.0. The smallest absolute Gasteiger partial charge is 0.222 e. The number of carbonyl (C=O) groups is 1. The monoisotopic (exact) mass is 389 g/mol. The Morgan fingerprint density at radius 1 is 1.27 bits per heavy atom. The first kappa shape index (κ1) is 18.2. The Kier molecular flexibility index (Phi) is 5.79. The molecule has 3 heterocycles. The first-order chi connectivity index (χ1) is 12.7. The van der Waals surface area contributed by atoms with Gasteiger partial charge in [-0.2, -0.15) is 0 Å². The van der Waals surface area contributed by atoms with Gasteiger partial charge < -0.3 is 9.47 Å². The average Bonchev–Trinajstić information content (AvgIpc) is 3.37. The van der Waals surface area contributed by atoms with E-state index in [0.717, 1.165) is 42.5 Å². The van der Waals surface area contributed by atoms with Gasteiger partial charge in [0, 0.05) is 30.5 Å². The molecule has 0 spiro atoms. The van der Waals surface area contributed by atoms with Crippen molar-refractivity contribution in [1.29, 1.82) is 0 Å². The Labute approximate surface area is 163 Å². The normalized spacial score (nSPS) is 23.2. The van der Waals surface area contributed by atoms with Gasteiger partial charge in [0.2, 0.25) is 5.91 Å². The number of amides is 1. The predicted molar refractivity (Wildman–Crippen MR) is 112 cm³/mol. The Morgan fingerprint density at radius 3 is 3.00 bits per heavy atom. The van der Waals surface area contributed by atoms with Crippen LogP contribution in [0.15, 0.2) is 24.3 Å². The van der Waals surface area contributed by atoms with Crippen molar-refractivity contribution in [2.75, 3.05) is 18.8 Å². The van der Waals surface area contributed by atoms with E-state index in [2.05, 4.69) is 39.6 Å². The Bertz CT molecular complexity index is 770. The van der Waals surface area contributed by atoms with Crippen LogP contribution in [0.1, 0.15) is 50.4 Å². The summed E-state index contributed by atoms with van der Waals surface area (Å²) in [5.74, 6) is 2.69. The summed E-state index contributed by atoms with van der Waals surface area (Å²) in [5.41, 5.74) is 2.24. The summed E-state index contributed by atoms with van der Waals surface area (Å²) >= 11 is 0. The molecule has 1 aromatic carbocycles. The van der Waals surface area contributed by atoms with E-state index in [1.807, 2.05) is 27.7 Å². The third-order valence-corrected chi connectivity index (χ3v) is 8.55. The van der Waals surface area contributed by atoms with Crippen LogP contribution in [0.3, 0.4) is 0 Å². The van der Waals surface area contributed by atoms with Crippen molar-refractivity contribution in [2.45, 2.75) is 56.7 Å². The second kappa shape index (κ2) is 8.26. The highest BCUT2D eigenvalue weighted by atomic mass is 33.1. The fourth-order valence-corrected chi connectivity index (χ4v) is 7.20. The molecule has 0 N–H and O–H groups in total. The van der Waals surface area contributed by atoms with Gasteiger partial charge in [-0.1, -0.05) is 40.1 Å². The van der Waals surface area contributed by atoms with Crippen molar-refractivity contribution < 1.29 is 4.79 Å². The molecule has 1 amide bonds. The number of unbranched alkanes of at least 4 members (excludes halogenated alkanes) is 1. The van der Waals surface area contributed by atoms with Gasteiger partial charge in [-0.25, -0.2) is 4.98 Å². The van der Waals surface area contributed by atoms with Gasteiger partial charge in [0.15, 0.2) is 0 Å². The van der Waals surface area contributed by atoms with Gasteiger partial charge in [-0.3, -0.25) is 4.79 Å². The number of rotatable bonds is 6. The second-order valence-corrected chi connectivity index (χ2v) is 10.2. The SMILES string of the molecule is Cc1nc2ccccc2n1C1CCN(C(=O)CCCCC2CCSS2)C1. The largest absolute Gasteiger partial charge is 0.341 e. The third kappa shape index (κ3) is 3.91. The van der Waals surface area contributed by atoms with Crippen LogP contribution in [0.5, 0.6) is 0 Å². The van der Waals surface area contributed by atoms with Crippen LogP contribution < -0.4 is 0 Å². The predicted octanol–water partition coefficient (Wildman–Crippen LogP) is 4.83. The Balaban J connectivity index is 1.30.